The van der Waals surface area contributed by atoms with E-state index in [4.69, 9.17) is 0 Å². The lowest BCUT2D eigenvalue weighted by atomic mass is 10.1. The van der Waals surface area contributed by atoms with Crippen LogP contribution in [0.25, 0.3) is 11.4 Å². The number of benzene rings is 1. The summed E-state index contributed by atoms with van der Waals surface area (Å²) in [5.74, 6) is 0.0559. The molecule has 112 valence electrons. The molecule has 1 heterocycles. The van der Waals surface area contributed by atoms with Gasteiger partial charge in [-0.25, -0.2) is 4.98 Å². The third-order valence-corrected chi connectivity index (χ3v) is 3.14. The molecule has 0 aliphatic carbocycles. The lowest BCUT2D eigenvalue weighted by Crippen LogP contribution is -2.29. The third kappa shape index (κ3) is 2.99. The highest BCUT2D eigenvalue weighted by Gasteiger charge is 2.36. The van der Waals surface area contributed by atoms with Crippen LogP contribution in [0.1, 0.15) is 24.6 Å². The Hall–Kier alpha value is -2.11. The van der Waals surface area contributed by atoms with Gasteiger partial charge in [0.25, 0.3) is 5.56 Å². The van der Waals surface area contributed by atoms with Gasteiger partial charge >= 0.3 is 6.18 Å². The van der Waals surface area contributed by atoms with Gasteiger partial charge < -0.3 is 0 Å². The van der Waals surface area contributed by atoms with Crippen LogP contribution >= 0.6 is 0 Å². The van der Waals surface area contributed by atoms with Gasteiger partial charge in [0.05, 0.1) is 0 Å². The average molecular weight is 296 g/mol. The van der Waals surface area contributed by atoms with Crippen molar-refractivity contribution in [3.63, 3.8) is 0 Å². The van der Waals surface area contributed by atoms with Crippen molar-refractivity contribution in [1.82, 2.24) is 9.55 Å². The maximum absolute atomic E-state index is 13.0. The van der Waals surface area contributed by atoms with Gasteiger partial charge in [-0.3, -0.25) is 9.36 Å². The van der Waals surface area contributed by atoms with Crippen LogP contribution in [0.2, 0.25) is 0 Å². The molecule has 0 saturated carbocycles. The lowest BCUT2D eigenvalue weighted by molar-refractivity contribution is -0.141. The maximum atomic E-state index is 13.0. The summed E-state index contributed by atoms with van der Waals surface area (Å²) in [5, 5.41) is 0. The molecule has 2 aromatic rings. The van der Waals surface area contributed by atoms with E-state index in [0.29, 0.717) is 18.5 Å². The molecular weight excluding hydrogens is 281 g/mol. The highest BCUT2D eigenvalue weighted by atomic mass is 19.4. The fourth-order valence-corrected chi connectivity index (χ4v) is 2.16. The van der Waals surface area contributed by atoms with E-state index >= 15 is 0 Å². The van der Waals surface area contributed by atoms with Crippen molar-refractivity contribution in [2.24, 2.45) is 0 Å². The molecule has 0 N–H and O–H groups in total. The Bertz CT molecular complexity index is 691. The van der Waals surface area contributed by atoms with Gasteiger partial charge in [-0.2, -0.15) is 13.2 Å². The zero-order valence-electron chi connectivity index (χ0n) is 11.7. The molecule has 21 heavy (non-hydrogen) atoms. The van der Waals surface area contributed by atoms with E-state index in [1.165, 1.54) is 11.5 Å². The van der Waals surface area contributed by atoms with Crippen LogP contribution in [-0.4, -0.2) is 9.55 Å². The van der Waals surface area contributed by atoms with Crippen molar-refractivity contribution in [3.05, 3.63) is 51.9 Å². The average Bonchev–Trinajstić information content (AvgIpc) is 2.44. The van der Waals surface area contributed by atoms with Crippen LogP contribution in [0.15, 0.2) is 35.1 Å². The second-order valence-corrected chi connectivity index (χ2v) is 4.73. The van der Waals surface area contributed by atoms with Crippen LogP contribution < -0.4 is 5.56 Å². The summed E-state index contributed by atoms with van der Waals surface area (Å²) in [6, 6.07) is 8.44. The summed E-state index contributed by atoms with van der Waals surface area (Å²) in [6.07, 6.45) is -4.01. The first-order valence-corrected chi connectivity index (χ1v) is 6.60. The van der Waals surface area contributed by atoms with Gasteiger partial charge in [-0.05, 0) is 13.3 Å². The normalized spacial score (nSPS) is 11.7. The monoisotopic (exact) mass is 296 g/mol. The molecular formula is C15H15F3N2O. The second kappa shape index (κ2) is 5.71. The summed E-state index contributed by atoms with van der Waals surface area (Å²) >= 11 is 0. The molecule has 2 rings (SSSR count). The Morgan fingerprint density at radius 1 is 1.19 bits per heavy atom. The molecule has 1 aromatic heterocycles. The quantitative estimate of drug-likeness (QED) is 0.866. The number of aromatic nitrogens is 2. The molecule has 0 amide bonds. The summed E-state index contributed by atoms with van der Waals surface area (Å²) in [4.78, 5) is 16.0. The van der Waals surface area contributed by atoms with E-state index in [1.807, 2.05) is 6.92 Å². The first kappa shape index (κ1) is 15.3. The molecule has 0 radical (unpaired) electrons. The molecule has 0 bridgehead atoms. The Morgan fingerprint density at radius 2 is 1.81 bits per heavy atom. The fraction of sp³-hybridized carbons (Fsp3) is 0.333. The Morgan fingerprint density at radius 3 is 2.33 bits per heavy atom. The van der Waals surface area contributed by atoms with E-state index < -0.39 is 17.4 Å². The molecule has 0 aliphatic rings. The van der Waals surface area contributed by atoms with Crippen molar-refractivity contribution >= 4 is 0 Å². The molecule has 1 aromatic carbocycles. The topological polar surface area (TPSA) is 34.9 Å². The summed E-state index contributed by atoms with van der Waals surface area (Å²) in [7, 11) is 0. The van der Waals surface area contributed by atoms with Crippen molar-refractivity contribution < 1.29 is 13.2 Å². The molecule has 0 saturated heterocycles. The second-order valence-electron chi connectivity index (χ2n) is 4.73. The van der Waals surface area contributed by atoms with Crippen LogP contribution in [0, 0.1) is 6.92 Å². The SMILES string of the molecule is CCCn1c(-c2ccccc2)nc(C(F)(F)F)c(C)c1=O. The maximum Gasteiger partial charge on any atom is 0.433 e. The van der Waals surface area contributed by atoms with E-state index in [-0.39, 0.29) is 11.4 Å². The van der Waals surface area contributed by atoms with Crippen LogP contribution in [0.4, 0.5) is 13.2 Å². The van der Waals surface area contributed by atoms with Gasteiger partial charge in [0, 0.05) is 17.7 Å². The number of hydrogen-bond acceptors (Lipinski definition) is 2. The zero-order valence-corrected chi connectivity index (χ0v) is 11.7. The summed E-state index contributed by atoms with van der Waals surface area (Å²) < 4.78 is 40.4. The molecule has 0 aliphatic heterocycles. The molecule has 0 spiro atoms. The van der Waals surface area contributed by atoms with E-state index in [9.17, 15) is 18.0 Å². The largest absolute Gasteiger partial charge is 0.433 e. The highest BCUT2D eigenvalue weighted by Crippen LogP contribution is 2.30. The lowest BCUT2D eigenvalue weighted by Gasteiger charge is -2.16. The fourth-order valence-electron chi connectivity index (χ4n) is 2.16. The smallest absolute Gasteiger partial charge is 0.292 e. The van der Waals surface area contributed by atoms with Gasteiger partial charge in [0.1, 0.15) is 5.82 Å². The summed E-state index contributed by atoms with van der Waals surface area (Å²) in [6.45, 7) is 3.35. The number of halogens is 3. The molecule has 0 unspecified atom stereocenters. The van der Waals surface area contributed by atoms with Crippen molar-refractivity contribution in [1.29, 1.82) is 0 Å². The van der Waals surface area contributed by atoms with E-state index in [1.54, 1.807) is 30.3 Å². The van der Waals surface area contributed by atoms with Crippen LogP contribution in [0.5, 0.6) is 0 Å². The number of rotatable bonds is 3. The van der Waals surface area contributed by atoms with Crippen molar-refractivity contribution in [2.75, 3.05) is 0 Å². The zero-order chi connectivity index (χ0) is 15.6. The Balaban J connectivity index is 2.78. The predicted octanol–water partition coefficient (Wildman–Crippen LogP) is 3.65. The third-order valence-electron chi connectivity index (χ3n) is 3.14. The molecule has 3 nitrogen and oxygen atoms in total. The minimum Gasteiger partial charge on any atom is -0.292 e. The molecule has 0 fully saturated rings. The van der Waals surface area contributed by atoms with Gasteiger partial charge in [0.2, 0.25) is 0 Å². The standard InChI is InChI=1S/C15H15F3N2O/c1-3-9-20-13(11-7-5-4-6-8-11)19-12(15(16,17)18)10(2)14(20)21/h4-8H,3,9H2,1-2H3. The first-order valence-electron chi connectivity index (χ1n) is 6.60. The van der Waals surface area contributed by atoms with Gasteiger partial charge in [-0.1, -0.05) is 37.3 Å². The van der Waals surface area contributed by atoms with Crippen LogP contribution in [-0.2, 0) is 12.7 Å². The minimum absolute atomic E-state index is 0.0559. The van der Waals surface area contributed by atoms with Gasteiger partial charge in [0.15, 0.2) is 5.69 Å². The summed E-state index contributed by atoms with van der Waals surface area (Å²) in [5.41, 5.74) is -1.62. The van der Waals surface area contributed by atoms with Crippen molar-refractivity contribution in [2.45, 2.75) is 33.0 Å². The van der Waals surface area contributed by atoms with E-state index in [0.717, 1.165) is 0 Å². The number of nitrogens with zero attached hydrogens (tertiary/aromatic N) is 2. The predicted molar refractivity (Wildman–Crippen MR) is 74.0 cm³/mol. The molecule has 6 heteroatoms. The van der Waals surface area contributed by atoms with Crippen molar-refractivity contribution in [3.8, 4) is 11.4 Å². The Kier molecular flexibility index (Phi) is 4.16. The van der Waals surface area contributed by atoms with Crippen LogP contribution in [0.3, 0.4) is 0 Å². The van der Waals surface area contributed by atoms with E-state index in [2.05, 4.69) is 4.98 Å². The number of alkyl halides is 3. The first-order chi connectivity index (χ1) is 9.86. The Labute approximate surface area is 120 Å². The minimum atomic E-state index is -4.64. The molecule has 0 atom stereocenters. The number of hydrogen-bond donors (Lipinski definition) is 0. The highest BCUT2D eigenvalue weighted by molar-refractivity contribution is 5.55. The van der Waals surface area contributed by atoms with Gasteiger partial charge in [-0.15, -0.1) is 0 Å².